The molecule has 0 saturated carbocycles. The van der Waals surface area contributed by atoms with Crippen LogP contribution in [-0.4, -0.2) is 12.5 Å². The lowest BCUT2D eigenvalue weighted by molar-refractivity contribution is 0.0987. The minimum atomic E-state index is -0.330. The van der Waals surface area contributed by atoms with Gasteiger partial charge in [-0.3, -0.25) is 4.79 Å². The van der Waals surface area contributed by atoms with Crippen molar-refractivity contribution in [1.82, 2.24) is 0 Å². The summed E-state index contributed by atoms with van der Waals surface area (Å²) in [5.74, 6) is -0.443. The van der Waals surface area contributed by atoms with Crippen molar-refractivity contribution in [1.29, 1.82) is 0 Å². The maximum absolute atomic E-state index is 13.1. The van der Waals surface area contributed by atoms with Gasteiger partial charge in [-0.1, -0.05) is 18.2 Å². The van der Waals surface area contributed by atoms with Crippen molar-refractivity contribution in [2.24, 2.45) is 0 Å². The number of hydrogen-bond acceptors (Lipinski definition) is 1. The standard InChI is InChI=1S/C15H13FINO/c1-2-18(12-6-4-3-5-7-12)15(19)13-9-8-11(16)10-14(13)17/h3-10H,2H2,1H3. The lowest BCUT2D eigenvalue weighted by Gasteiger charge is -2.21. The van der Waals surface area contributed by atoms with Crippen LogP contribution in [0.1, 0.15) is 17.3 Å². The van der Waals surface area contributed by atoms with Crippen LogP contribution < -0.4 is 4.90 Å². The number of amides is 1. The van der Waals surface area contributed by atoms with Crippen LogP contribution in [0.25, 0.3) is 0 Å². The van der Waals surface area contributed by atoms with Crippen LogP contribution in [0.15, 0.2) is 48.5 Å². The largest absolute Gasteiger partial charge is 0.309 e. The third-order valence-electron chi connectivity index (χ3n) is 2.79. The highest BCUT2D eigenvalue weighted by atomic mass is 127. The van der Waals surface area contributed by atoms with Gasteiger partial charge in [0, 0.05) is 15.8 Å². The number of carbonyl (C=O) groups excluding carboxylic acids is 1. The first-order valence-electron chi connectivity index (χ1n) is 5.95. The Morgan fingerprint density at radius 1 is 1.21 bits per heavy atom. The van der Waals surface area contributed by atoms with Crippen molar-refractivity contribution in [2.45, 2.75) is 6.92 Å². The number of nitrogens with zero attached hydrogens (tertiary/aromatic N) is 1. The van der Waals surface area contributed by atoms with Crippen LogP contribution in [0.4, 0.5) is 10.1 Å². The second-order valence-corrected chi connectivity index (χ2v) is 5.17. The molecule has 19 heavy (non-hydrogen) atoms. The van der Waals surface area contributed by atoms with Gasteiger partial charge in [0.25, 0.3) is 5.91 Å². The maximum Gasteiger partial charge on any atom is 0.259 e. The number of para-hydroxylation sites is 1. The third-order valence-corrected chi connectivity index (χ3v) is 3.68. The van der Waals surface area contributed by atoms with E-state index in [-0.39, 0.29) is 11.7 Å². The second-order valence-electron chi connectivity index (χ2n) is 4.01. The molecule has 2 aromatic carbocycles. The van der Waals surface area contributed by atoms with Crippen molar-refractivity contribution < 1.29 is 9.18 Å². The van der Waals surface area contributed by atoms with Gasteiger partial charge in [-0.2, -0.15) is 0 Å². The summed E-state index contributed by atoms with van der Waals surface area (Å²) in [6.07, 6.45) is 0. The van der Waals surface area contributed by atoms with Crippen LogP contribution in [0.5, 0.6) is 0 Å². The van der Waals surface area contributed by atoms with Gasteiger partial charge in [-0.25, -0.2) is 4.39 Å². The van der Waals surface area contributed by atoms with Crippen LogP contribution in [0.3, 0.4) is 0 Å². The van der Waals surface area contributed by atoms with Crippen molar-refractivity contribution in [2.75, 3.05) is 11.4 Å². The topological polar surface area (TPSA) is 20.3 Å². The number of benzene rings is 2. The van der Waals surface area contributed by atoms with Crippen LogP contribution >= 0.6 is 22.6 Å². The fourth-order valence-corrected chi connectivity index (χ4v) is 2.57. The average molecular weight is 369 g/mol. The van der Waals surface area contributed by atoms with Crippen molar-refractivity contribution in [3.05, 3.63) is 63.5 Å². The number of rotatable bonds is 3. The molecule has 0 saturated heterocycles. The Labute approximate surface area is 125 Å². The first-order valence-corrected chi connectivity index (χ1v) is 7.03. The highest BCUT2D eigenvalue weighted by Gasteiger charge is 2.18. The quantitative estimate of drug-likeness (QED) is 0.747. The Bertz CT molecular complexity index is 586. The average Bonchev–Trinajstić information content (AvgIpc) is 2.40. The number of carbonyl (C=O) groups is 1. The van der Waals surface area contributed by atoms with Gasteiger partial charge in [0.2, 0.25) is 0 Å². The molecule has 98 valence electrons. The van der Waals surface area contributed by atoms with Gasteiger partial charge in [0.15, 0.2) is 0 Å². The minimum absolute atomic E-state index is 0.113. The smallest absolute Gasteiger partial charge is 0.259 e. The molecule has 0 aliphatic carbocycles. The van der Waals surface area contributed by atoms with Gasteiger partial charge >= 0.3 is 0 Å². The zero-order chi connectivity index (χ0) is 13.8. The zero-order valence-corrected chi connectivity index (χ0v) is 12.6. The lowest BCUT2D eigenvalue weighted by atomic mass is 10.1. The summed E-state index contributed by atoms with van der Waals surface area (Å²) in [5, 5.41) is 0. The molecule has 0 spiro atoms. The number of halogens is 2. The summed E-state index contributed by atoms with van der Waals surface area (Å²) in [5.41, 5.74) is 1.36. The third kappa shape index (κ3) is 3.12. The molecule has 0 aliphatic rings. The molecule has 0 aliphatic heterocycles. The molecule has 2 aromatic rings. The maximum atomic E-state index is 13.1. The fourth-order valence-electron chi connectivity index (χ4n) is 1.86. The van der Waals surface area contributed by atoms with Gasteiger partial charge in [0.05, 0.1) is 5.56 Å². The highest BCUT2D eigenvalue weighted by Crippen LogP contribution is 2.20. The first-order chi connectivity index (χ1) is 9.13. The molecule has 0 atom stereocenters. The molecule has 2 nitrogen and oxygen atoms in total. The van der Waals surface area contributed by atoms with E-state index < -0.39 is 0 Å². The van der Waals surface area contributed by atoms with E-state index in [4.69, 9.17) is 0 Å². The summed E-state index contributed by atoms with van der Waals surface area (Å²) < 4.78 is 13.7. The molecule has 0 heterocycles. The van der Waals surface area contributed by atoms with E-state index in [0.717, 1.165) is 5.69 Å². The minimum Gasteiger partial charge on any atom is -0.309 e. The summed E-state index contributed by atoms with van der Waals surface area (Å²) >= 11 is 1.98. The molecule has 0 aromatic heterocycles. The van der Waals surface area contributed by atoms with E-state index in [1.807, 2.05) is 59.8 Å². The molecule has 0 radical (unpaired) electrons. The number of hydrogen-bond donors (Lipinski definition) is 0. The van der Waals surface area contributed by atoms with Gasteiger partial charge < -0.3 is 4.90 Å². The second kappa shape index (κ2) is 6.14. The Hall–Kier alpha value is -1.43. The Morgan fingerprint density at radius 3 is 2.47 bits per heavy atom. The van der Waals surface area contributed by atoms with Crippen LogP contribution in [0, 0.1) is 9.39 Å². The molecule has 0 N–H and O–H groups in total. The summed E-state index contributed by atoms with van der Waals surface area (Å²) in [4.78, 5) is 14.2. The van der Waals surface area contributed by atoms with E-state index in [9.17, 15) is 9.18 Å². The Kier molecular flexibility index (Phi) is 4.52. The van der Waals surface area contributed by atoms with E-state index in [1.165, 1.54) is 18.2 Å². The van der Waals surface area contributed by atoms with E-state index in [0.29, 0.717) is 15.7 Å². The van der Waals surface area contributed by atoms with E-state index in [1.54, 1.807) is 4.90 Å². The van der Waals surface area contributed by atoms with Crippen molar-refractivity contribution in [3.63, 3.8) is 0 Å². The SMILES string of the molecule is CCN(C(=O)c1ccc(F)cc1I)c1ccccc1. The highest BCUT2D eigenvalue weighted by molar-refractivity contribution is 14.1. The molecular weight excluding hydrogens is 356 g/mol. The summed E-state index contributed by atoms with van der Waals surface area (Å²) in [6.45, 7) is 2.48. The lowest BCUT2D eigenvalue weighted by Crippen LogP contribution is -2.31. The van der Waals surface area contributed by atoms with Crippen LogP contribution in [-0.2, 0) is 0 Å². The Morgan fingerprint density at radius 2 is 1.89 bits per heavy atom. The van der Waals surface area contributed by atoms with E-state index >= 15 is 0 Å². The molecular formula is C15H13FINO. The van der Waals surface area contributed by atoms with Gasteiger partial charge in [-0.15, -0.1) is 0 Å². The molecule has 1 amide bonds. The predicted molar refractivity (Wildman–Crippen MR) is 82.9 cm³/mol. The zero-order valence-electron chi connectivity index (χ0n) is 10.4. The van der Waals surface area contributed by atoms with Gasteiger partial charge in [-0.05, 0) is 59.8 Å². The molecule has 2 rings (SSSR count). The molecule has 0 unspecified atom stereocenters. The number of anilines is 1. The molecule has 4 heteroatoms. The predicted octanol–water partition coefficient (Wildman–Crippen LogP) is 4.10. The van der Waals surface area contributed by atoms with Gasteiger partial charge in [0.1, 0.15) is 5.82 Å². The summed E-state index contributed by atoms with van der Waals surface area (Å²) in [6, 6.07) is 13.7. The van der Waals surface area contributed by atoms with E-state index in [2.05, 4.69) is 0 Å². The molecule has 0 fully saturated rings. The Balaban J connectivity index is 2.36. The van der Waals surface area contributed by atoms with Crippen molar-refractivity contribution >= 4 is 34.2 Å². The monoisotopic (exact) mass is 369 g/mol. The normalized spacial score (nSPS) is 10.3. The fraction of sp³-hybridized carbons (Fsp3) is 0.133. The van der Waals surface area contributed by atoms with Crippen molar-refractivity contribution in [3.8, 4) is 0 Å². The first kappa shape index (κ1) is 14.0. The van der Waals surface area contributed by atoms with Crippen LogP contribution in [0.2, 0.25) is 0 Å². The molecule has 0 bridgehead atoms. The summed E-state index contributed by atoms with van der Waals surface area (Å²) in [7, 11) is 0.